The van der Waals surface area contributed by atoms with Gasteiger partial charge in [-0.1, -0.05) is 0 Å². The quantitative estimate of drug-likeness (QED) is 0.881. The first-order valence-corrected chi connectivity index (χ1v) is 8.00. The predicted octanol–water partition coefficient (Wildman–Crippen LogP) is 3.04. The number of benzene rings is 1. The monoisotopic (exact) mass is 361 g/mol. The van der Waals surface area contributed by atoms with E-state index in [9.17, 15) is 12.8 Å². The Hall–Kier alpha value is -1.41. The molecule has 0 aliphatic heterocycles. The van der Waals surface area contributed by atoms with Crippen LogP contribution in [0.3, 0.4) is 0 Å². The molecule has 0 spiro atoms. The second-order valence-corrected chi connectivity index (χ2v) is 6.92. The van der Waals surface area contributed by atoms with Crippen LogP contribution < -0.4 is 4.72 Å². The Morgan fingerprint density at radius 3 is 2.50 bits per heavy atom. The van der Waals surface area contributed by atoms with E-state index in [2.05, 4.69) is 30.8 Å². The average Bonchev–Trinajstić information content (AvgIpc) is 2.66. The molecule has 8 heteroatoms. The molecule has 1 heterocycles. The molecule has 0 aliphatic rings. The number of anilines is 1. The van der Waals surface area contributed by atoms with Crippen molar-refractivity contribution in [3.05, 3.63) is 39.4 Å². The number of nitrogens with zero attached hydrogens (tertiary/aromatic N) is 1. The number of aromatic amines is 1. The lowest BCUT2D eigenvalue weighted by Gasteiger charge is -2.11. The molecule has 108 valence electrons. The second-order valence-electron chi connectivity index (χ2n) is 4.45. The molecule has 0 fully saturated rings. The molecule has 0 radical (unpaired) electrons. The summed E-state index contributed by atoms with van der Waals surface area (Å²) in [6.45, 7) is 4.90. The Bertz CT molecular complexity index is 752. The molecule has 20 heavy (non-hydrogen) atoms. The smallest absolute Gasteiger partial charge is 0.265 e. The molecular formula is C12H13BrFN3O2S. The topological polar surface area (TPSA) is 74.8 Å². The Labute approximate surface area is 124 Å². The number of hydrogen-bond acceptors (Lipinski definition) is 3. The molecule has 2 aromatic rings. The van der Waals surface area contributed by atoms with Gasteiger partial charge < -0.3 is 0 Å². The van der Waals surface area contributed by atoms with E-state index in [0.717, 1.165) is 6.07 Å². The first-order valence-electron chi connectivity index (χ1n) is 5.72. The van der Waals surface area contributed by atoms with Crippen LogP contribution in [0.4, 0.5) is 10.1 Å². The lowest BCUT2D eigenvalue weighted by molar-refractivity contribution is 0.600. The van der Waals surface area contributed by atoms with Gasteiger partial charge in [-0.25, -0.2) is 12.8 Å². The third kappa shape index (κ3) is 2.71. The summed E-state index contributed by atoms with van der Waals surface area (Å²) in [5.41, 5.74) is 1.61. The zero-order valence-corrected chi connectivity index (χ0v) is 13.5. The van der Waals surface area contributed by atoms with E-state index < -0.39 is 15.8 Å². The van der Waals surface area contributed by atoms with Gasteiger partial charge >= 0.3 is 0 Å². The summed E-state index contributed by atoms with van der Waals surface area (Å²) in [5, 5.41) is 6.47. The highest BCUT2D eigenvalue weighted by Gasteiger charge is 2.23. The lowest BCUT2D eigenvalue weighted by Crippen LogP contribution is -2.15. The third-order valence-corrected chi connectivity index (χ3v) is 5.08. The van der Waals surface area contributed by atoms with Crippen LogP contribution in [0.15, 0.2) is 21.5 Å². The maximum Gasteiger partial charge on any atom is 0.265 e. The van der Waals surface area contributed by atoms with Gasteiger partial charge in [-0.3, -0.25) is 9.82 Å². The van der Waals surface area contributed by atoms with Gasteiger partial charge in [0.1, 0.15) is 10.7 Å². The van der Waals surface area contributed by atoms with E-state index in [1.54, 1.807) is 20.8 Å². The van der Waals surface area contributed by atoms with E-state index in [0.29, 0.717) is 17.0 Å². The second kappa shape index (κ2) is 5.17. The predicted molar refractivity (Wildman–Crippen MR) is 77.7 cm³/mol. The molecular weight excluding hydrogens is 349 g/mol. The highest BCUT2D eigenvalue weighted by molar-refractivity contribution is 9.10. The number of nitrogens with one attached hydrogen (secondary N) is 2. The van der Waals surface area contributed by atoms with Crippen molar-refractivity contribution in [1.82, 2.24) is 10.2 Å². The fraction of sp³-hybridized carbons (Fsp3) is 0.250. The van der Waals surface area contributed by atoms with Gasteiger partial charge in [0.2, 0.25) is 0 Å². The van der Waals surface area contributed by atoms with Crippen LogP contribution in [0.2, 0.25) is 0 Å². The molecule has 1 aromatic heterocycles. The van der Waals surface area contributed by atoms with Crippen molar-refractivity contribution in [2.75, 3.05) is 4.72 Å². The molecule has 5 nitrogen and oxygen atoms in total. The van der Waals surface area contributed by atoms with Crippen LogP contribution in [0, 0.1) is 26.6 Å². The van der Waals surface area contributed by atoms with Crippen molar-refractivity contribution in [2.24, 2.45) is 0 Å². The molecule has 0 amide bonds. The van der Waals surface area contributed by atoms with Gasteiger partial charge in [0.05, 0.1) is 21.5 Å². The van der Waals surface area contributed by atoms with Gasteiger partial charge in [-0.05, 0) is 54.4 Å². The zero-order chi connectivity index (χ0) is 15.1. The average molecular weight is 362 g/mol. The summed E-state index contributed by atoms with van der Waals surface area (Å²) < 4.78 is 40.9. The Morgan fingerprint density at radius 1 is 1.30 bits per heavy atom. The van der Waals surface area contributed by atoms with Crippen molar-refractivity contribution in [1.29, 1.82) is 0 Å². The van der Waals surface area contributed by atoms with Gasteiger partial charge in [-0.2, -0.15) is 5.10 Å². The van der Waals surface area contributed by atoms with E-state index in [4.69, 9.17) is 0 Å². The first-order chi connectivity index (χ1) is 9.22. The van der Waals surface area contributed by atoms with Gasteiger partial charge in [-0.15, -0.1) is 0 Å². The minimum Gasteiger partial charge on any atom is -0.281 e. The van der Waals surface area contributed by atoms with Gasteiger partial charge in [0, 0.05) is 0 Å². The van der Waals surface area contributed by atoms with Gasteiger partial charge in [0.15, 0.2) is 0 Å². The molecule has 2 rings (SSSR count). The van der Waals surface area contributed by atoms with Crippen molar-refractivity contribution in [3.63, 3.8) is 0 Å². The Morgan fingerprint density at radius 2 is 1.95 bits per heavy atom. The molecule has 0 bridgehead atoms. The van der Waals surface area contributed by atoms with Crippen LogP contribution in [0.25, 0.3) is 0 Å². The summed E-state index contributed by atoms with van der Waals surface area (Å²) >= 11 is 3.05. The first kappa shape index (κ1) is 15.0. The van der Waals surface area contributed by atoms with Crippen molar-refractivity contribution in [2.45, 2.75) is 25.7 Å². The minimum absolute atomic E-state index is 0.0835. The van der Waals surface area contributed by atoms with E-state index >= 15 is 0 Å². The lowest BCUT2D eigenvalue weighted by atomic mass is 10.2. The summed E-state index contributed by atoms with van der Waals surface area (Å²) in [4.78, 5) is 0.0835. The number of aryl methyl sites for hydroxylation is 3. The molecule has 0 aliphatic carbocycles. The Kier molecular flexibility index (Phi) is 3.88. The zero-order valence-electron chi connectivity index (χ0n) is 11.1. The number of rotatable bonds is 3. The number of aromatic nitrogens is 2. The molecule has 0 saturated heterocycles. The number of hydrogen-bond donors (Lipinski definition) is 2. The van der Waals surface area contributed by atoms with Crippen LogP contribution in [-0.4, -0.2) is 18.6 Å². The summed E-state index contributed by atoms with van der Waals surface area (Å²) in [7, 11) is -3.81. The standard InChI is InChI=1S/C12H13BrFN3O2S/c1-6-4-9(13)10(14)5-11(6)17-20(18,19)12-7(2)15-16-8(12)3/h4-5,17H,1-3H3,(H,15,16). The highest BCUT2D eigenvalue weighted by Crippen LogP contribution is 2.27. The van der Waals surface area contributed by atoms with Crippen molar-refractivity contribution < 1.29 is 12.8 Å². The molecule has 0 saturated carbocycles. The van der Waals surface area contributed by atoms with E-state index in [-0.39, 0.29) is 15.1 Å². The highest BCUT2D eigenvalue weighted by atomic mass is 79.9. The fourth-order valence-electron chi connectivity index (χ4n) is 1.89. The fourth-order valence-corrected chi connectivity index (χ4v) is 3.84. The van der Waals surface area contributed by atoms with Crippen LogP contribution in [0.1, 0.15) is 17.0 Å². The third-order valence-electron chi connectivity index (χ3n) is 2.84. The SMILES string of the molecule is Cc1cc(Br)c(F)cc1NS(=O)(=O)c1c(C)n[nH]c1C. The van der Waals surface area contributed by atoms with Crippen molar-refractivity contribution in [3.8, 4) is 0 Å². The minimum atomic E-state index is -3.81. The Balaban J connectivity index is 2.47. The van der Waals surface area contributed by atoms with E-state index in [1.807, 2.05) is 0 Å². The van der Waals surface area contributed by atoms with Crippen LogP contribution >= 0.6 is 15.9 Å². The van der Waals surface area contributed by atoms with Crippen LogP contribution in [-0.2, 0) is 10.0 Å². The largest absolute Gasteiger partial charge is 0.281 e. The van der Waals surface area contributed by atoms with E-state index in [1.165, 1.54) is 6.07 Å². The molecule has 2 N–H and O–H groups in total. The summed E-state index contributed by atoms with van der Waals surface area (Å²) in [6, 6.07) is 2.66. The normalized spacial score (nSPS) is 11.7. The summed E-state index contributed by atoms with van der Waals surface area (Å²) in [5.74, 6) is -0.533. The maximum absolute atomic E-state index is 13.5. The van der Waals surface area contributed by atoms with Crippen LogP contribution in [0.5, 0.6) is 0 Å². The number of H-pyrrole nitrogens is 1. The van der Waals surface area contributed by atoms with Crippen molar-refractivity contribution >= 4 is 31.6 Å². The molecule has 1 aromatic carbocycles. The molecule has 0 unspecified atom stereocenters. The van der Waals surface area contributed by atoms with Gasteiger partial charge in [0.25, 0.3) is 10.0 Å². The number of halogens is 2. The summed E-state index contributed by atoms with van der Waals surface area (Å²) in [6.07, 6.45) is 0. The molecule has 0 atom stereocenters. The number of sulfonamides is 1. The maximum atomic E-state index is 13.5.